The van der Waals surface area contributed by atoms with E-state index in [1.54, 1.807) is 34.4 Å². The van der Waals surface area contributed by atoms with Crippen LogP contribution in [0, 0.1) is 0 Å². The van der Waals surface area contributed by atoms with Crippen LogP contribution in [0.4, 0.5) is 0 Å². The van der Waals surface area contributed by atoms with Crippen LogP contribution in [0.1, 0.15) is 47.5 Å². The van der Waals surface area contributed by atoms with Crippen LogP contribution in [0.2, 0.25) is 20.1 Å². The lowest BCUT2D eigenvalue weighted by Crippen LogP contribution is -2.41. The van der Waals surface area contributed by atoms with Gasteiger partial charge in [0.15, 0.2) is 6.10 Å². The van der Waals surface area contributed by atoms with Crippen molar-refractivity contribution in [2.75, 3.05) is 13.1 Å². The molecule has 2 aliphatic heterocycles. The molecule has 2 aromatic heterocycles. The van der Waals surface area contributed by atoms with Crippen molar-refractivity contribution < 1.29 is 9.63 Å². The lowest BCUT2D eigenvalue weighted by molar-refractivity contribution is -0.132. The number of aromatic nitrogens is 2. The summed E-state index contributed by atoms with van der Waals surface area (Å²) in [6, 6.07) is 6.73. The fraction of sp³-hybridized carbons (Fsp3) is 0.333. The van der Waals surface area contributed by atoms with Crippen LogP contribution in [0.25, 0.3) is 0 Å². The van der Waals surface area contributed by atoms with Gasteiger partial charge in [-0.15, -0.1) is 11.3 Å². The summed E-state index contributed by atoms with van der Waals surface area (Å²) in [7, 11) is 0. The number of pyridine rings is 1. The van der Waals surface area contributed by atoms with Crippen molar-refractivity contribution in [2.45, 2.75) is 37.8 Å². The first-order chi connectivity index (χ1) is 17.3. The molecule has 0 N–H and O–H groups in total. The molecule has 4 heterocycles. The van der Waals surface area contributed by atoms with Gasteiger partial charge in [0.25, 0.3) is 5.56 Å². The number of benzene rings is 1. The van der Waals surface area contributed by atoms with Crippen molar-refractivity contribution in [2.24, 2.45) is 5.16 Å². The third kappa shape index (κ3) is 5.29. The van der Waals surface area contributed by atoms with Crippen LogP contribution in [-0.2, 0) is 16.2 Å². The Morgan fingerprint density at radius 1 is 1.11 bits per heavy atom. The molecular weight excluding hydrogens is 566 g/mol. The van der Waals surface area contributed by atoms with E-state index in [9.17, 15) is 9.59 Å². The molecule has 0 aliphatic carbocycles. The molecule has 0 bridgehead atoms. The summed E-state index contributed by atoms with van der Waals surface area (Å²) in [4.78, 5) is 37.2. The largest absolute Gasteiger partial charge is 0.387 e. The molecule has 36 heavy (non-hydrogen) atoms. The fourth-order valence-corrected chi connectivity index (χ4v) is 6.56. The third-order valence-electron chi connectivity index (χ3n) is 6.32. The monoisotopic (exact) mass is 584 g/mol. The summed E-state index contributed by atoms with van der Waals surface area (Å²) in [5.74, 6) is 0.100. The average Bonchev–Trinajstić information content (AvgIpc) is 3.52. The molecule has 188 valence electrons. The van der Waals surface area contributed by atoms with Gasteiger partial charge < -0.3 is 14.3 Å². The molecular formula is C24H20Cl4N4O3S. The maximum absolute atomic E-state index is 12.8. The highest BCUT2D eigenvalue weighted by Crippen LogP contribution is 2.39. The highest BCUT2D eigenvalue weighted by atomic mass is 35.5. The summed E-state index contributed by atoms with van der Waals surface area (Å²) in [5.41, 5.74) is 1.85. The molecule has 0 spiro atoms. The van der Waals surface area contributed by atoms with Crippen molar-refractivity contribution in [1.82, 2.24) is 14.5 Å². The zero-order valence-corrected chi connectivity index (χ0v) is 22.6. The maximum Gasteiger partial charge on any atom is 0.269 e. The van der Waals surface area contributed by atoms with Gasteiger partial charge in [0.05, 0.1) is 15.7 Å². The van der Waals surface area contributed by atoms with E-state index in [1.807, 2.05) is 5.38 Å². The summed E-state index contributed by atoms with van der Waals surface area (Å²) >= 11 is 26.1. The molecule has 1 unspecified atom stereocenters. The molecule has 1 atom stereocenters. The zero-order valence-electron chi connectivity index (χ0n) is 18.8. The number of carbonyl (C=O) groups excluding carboxylic acids is 1. The van der Waals surface area contributed by atoms with Gasteiger partial charge in [-0.05, 0) is 31.0 Å². The number of thiazole rings is 1. The molecule has 0 saturated carbocycles. The van der Waals surface area contributed by atoms with E-state index in [4.69, 9.17) is 56.2 Å². The average molecular weight is 586 g/mol. The minimum atomic E-state index is -0.433. The minimum absolute atomic E-state index is 0.00728. The minimum Gasteiger partial charge on any atom is -0.387 e. The Labute approximate surface area is 231 Å². The highest BCUT2D eigenvalue weighted by Gasteiger charge is 2.30. The maximum atomic E-state index is 12.8. The van der Waals surface area contributed by atoms with Gasteiger partial charge in [0.2, 0.25) is 5.91 Å². The summed E-state index contributed by atoms with van der Waals surface area (Å²) in [6.07, 6.45) is 3.18. The van der Waals surface area contributed by atoms with E-state index < -0.39 is 5.56 Å². The first-order valence-electron chi connectivity index (χ1n) is 11.3. The van der Waals surface area contributed by atoms with E-state index in [0.717, 1.165) is 34.8 Å². The van der Waals surface area contributed by atoms with Crippen molar-refractivity contribution in [3.63, 3.8) is 0 Å². The van der Waals surface area contributed by atoms with Crippen molar-refractivity contribution in [3.05, 3.63) is 82.6 Å². The SMILES string of the molecule is O=C(Cn1cc(Cl)cc(Cl)c1=O)N1CCC(c2nc(C3=NOC(c4c(Cl)cccc4Cl)C3)cs2)CC1. The number of hydrogen-bond acceptors (Lipinski definition) is 6. The second kappa shape index (κ2) is 10.7. The Bertz CT molecular complexity index is 1380. The van der Waals surface area contributed by atoms with Crippen molar-refractivity contribution in [1.29, 1.82) is 0 Å². The molecule has 3 aromatic rings. The molecule has 1 aromatic carbocycles. The smallest absolute Gasteiger partial charge is 0.269 e. The van der Waals surface area contributed by atoms with E-state index in [-0.39, 0.29) is 29.5 Å². The quantitative estimate of drug-likeness (QED) is 0.358. The summed E-state index contributed by atoms with van der Waals surface area (Å²) < 4.78 is 1.25. The van der Waals surface area contributed by atoms with E-state index in [0.29, 0.717) is 34.6 Å². The molecule has 1 saturated heterocycles. The lowest BCUT2D eigenvalue weighted by atomic mass is 9.97. The summed E-state index contributed by atoms with van der Waals surface area (Å²) in [5, 5.41) is 8.64. The topological polar surface area (TPSA) is 76.8 Å². The molecule has 1 fully saturated rings. The predicted octanol–water partition coefficient (Wildman–Crippen LogP) is 6.19. The van der Waals surface area contributed by atoms with Gasteiger partial charge in [0.1, 0.15) is 17.3 Å². The molecule has 0 radical (unpaired) electrons. The third-order valence-corrected chi connectivity index (χ3v) is 8.46. The number of hydrogen-bond donors (Lipinski definition) is 0. The number of carbonyl (C=O) groups is 1. The highest BCUT2D eigenvalue weighted by molar-refractivity contribution is 7.10. The Morgan fingerprint density at radius 3 is 2.56 bits per heavy atom. The number of rotatable bonds is 5. The Balaban J connectivity index is 1.18. The molecule has 1 amide bonds. The molecule has 12 heteroatoms. The van der Waals surface area contributed by atoms with Crippen LogP contribution < -0.4 is 5.56 Å². The zero-order chi connectivity index (χ0) is 25.4. The lowest BCUT2D eigenvalue weighted by Gasteiger charge is -2.31. The molecule has 7 nitrogen and oxygen atoms in total. The van der Waals surface area contributed by atoms with Crippen molar-refractivity contribution >= 4 is 69.4 Å². The van der Waals surface area contributed by atoms with E-state index >= 15 is 0 Å². The predicted molar refractivity (Wildman–Crippen MR) is 143 cm³/mol. The van der Waals surface area contributed by atoms with Crippen LogP contribution in [-0.4, -0.2) is 39.2 Å². The number of piperidine rings is 1. The molecule has 5 rings (SSSR count). The van der Waals surface area contributed by atoms with Gasteiger partial charge in [-0.2, -0.15) is 0 Å². The second-order valence-electron chi connectivity index (χ2n) is 8.64. The van der Waals surface area contributed by atoms with Crippen LogP contribution in [0.5, 0.6) is 0 Å². The van der Waals surface area contributed by atoms with E-state index in [1.165, 1.54) is 16.8 Å². The van der Waals surface area contributed by atoms with Gasteiger partial charge >= 0.3 is 0 Å². The van der Waals surface area contributed by atoms with Gasteiger partial charge in [-0.1, -0.05) is 57.6 Å². The van der Waals surface area contributed by atoms with Gasteiger partial charge in [-0.3, -0.25) is 9.59 Å². The molecule has 2 aliphatic rings. The number of likely N-dealkylation sites (tertiary alicyclic amines) is 1. The first kappa shape index (κ1) is 25.5. The Morgan fingerprint density at radius 2 is 1.83 bits per heavy atom. The van der Waals surface area contributed by atoms with Gasteiger partial charge in [-0.25, -0.2) is 4.98 Å². The number of halogens is 4. The van der Waals surface area contributed by atoms with Crippen LogP contribution in [0.3, 0.4) is 0 Å². The Hall–Kier alpha value is -2.10. The number of nitrogens with zero attached hydrogens (tertiary/aromatic N) is 4. The Kier molecular flexibility index (Phi) is 7.60. The van der Waals surface area contributed by atoms with Gasteiger partial charge in [0, 0.05) is 52.6 Å². The van der Waals surface area contributed by atoms with Crippen LogP contribution in [0.15, 0.2) is 45.8 Å². The first-order valence-corrected chi connectivity index (χ1v) is 13.6. The summed E-state index contributed by atoms with van der Waals surface area (Å²) in [6.45, 7) is 1.07. The second-order valence-corrected chi connectivity index (χ2v) is 11.2. The van der Waals surface area contributed by atoms with E-state index in [2.05, 4.69) is 5.16 Å². The number of oxime groups is 1. The fourth-order valence-electron chi connectivity index (χ4n) is 4.41. The standard InChI is InChI=1S/C24H20Cl4N4O3S/c25-14-8-17(28)24(34)32(10-14)11-21(33)31-6-4-13(5-7-31)23-29-19(12-36-23)18-9-20(35-30-18)22-15(26)2-1-3-16(22)27/h1-3,8,10,12-13,20H,4-7,9,11H2. The normalized spacial score (nSPS) is 18.3. The number of amides is 1. The van der Waals surface area contributed by atoms with Crippen molar-refractivity contribution in [3.8, 4) is 0 Å². The van der Waals surface area contributed by atoms with Crippen LogP contribution >= 0.6 is 57.7 Å².